The van der Waals surface area contributed by atoms with Crippen molar-refractivity contribution in [2.24, 2.45) is 0 Å². The standard InChI is InChI=1S/C20H19BrN2O3/c1-13-2-4-15(5-3-13)18-12-17(14-6-8-16(21)9-7-14)22-23(18)19(24)10-11-20(25)26/h2-9,12,18,22H,10-11H2,1H3,(H,25,26)/t18-/m1/s1. The quantitative estimate of drug-likeness (QED) is 0.773. The van der Waals surface area contributed by atoms with Crippen molar-refractivity contribution < 1.29 is 14.7 Å². The second kappa shape index (κ2) is 7.74. The number of aryl methyl sites for hydroxylation is 1. The van der Waals surface area contributed by atoms with E-state index in [4.69, 9.17) is 5.11 Å². The third-order valence-electron chi connectivity index (χ3n) is 4.24. The van der Waals surface area contributed by atoms with Gasteiger partial charge in [-0.2, -0.15) is 0 Å². The number of carboxylic acid groups (broad SMARTS) is 1. The molecule has 3 rings (SSSR count). The van der Waals surface area contributed by atoms with Crippen molar-refractivity contribution in [3.63, 3.8) is 0 Å². The molecule has 0 radical (unpaired) electrons. The first-order valence-corrected chi connectivity index (χ1v) is 9.08. The number of nitrogens with one attached hydrogen (secondary N) is 1. The van der Waals surface area contributed by atoms with Gasteiger partial charge in [-0.25, -0.2) is 5.01 Å². The van der Waals surface area contributed by atoms with Gasteiger partial charge < -0.3 is 5.11 Å². The van der Waals surface area contributed by atoms with Crippen LogP contribution in [-0.4, -0.2) is 22.0 Å². The van der Waals surface area contributed by atoms with Crippen LogP contribution in [0.5, 0.6) is 0 Å². The van der Waals surface area contributed by atoms with Crippen molar-refractivity contribution in [3.05, 3.63) is 75.8 Å². The number of hydrazine groups is 1. The summed E-state index contributed by atoms with van der Waals surface area (Å²) in [5.74, 6) is -1.23. The molecule has 1 aliphatic rings. The fraction of sp³-hybridized carbons (Fsp3) is 0.200. The predicted molar refractivity (Wildman–Crippen MR) is 103 cm³/mol. The average molecular weight is 415 g/mol. The van der Waals surface area contributed by atoms with Crippen molar-refractivity contribution in [2.75, 3.05) is 0 Å². The maximum Gasteiger partial charge on any atom is 0.303 e. The van der Waals surface area contributed by atoms with E-state index >= 15 is 0 Å². The summed E-state index contributed by atoms with van der Waals surface area (Å²) in [4.78, 5) is 23.4. The number of amides is 1. The second-order valence-electron chi connectivity index (χ2n) is 6.21. The van der Waals surface area contributed by atoms with E-state index in [2.05, 4.69) is 21.4 Å². The van der Waals surface area contributed by atoms with E-state index in [9.17, 15) is 9.59 Å². The van der Waals surface area contributed by atoms with Crippen LogP contribution in [0.1, 0.15) is 35.6 Å². The number of rotatable bonds is 5. The Morgan fingerprint density at radius 2 is 1.73 bits per heavy atom. The number of halogens is 1. The Hall–Kier alpha value is -2.60. The zero-order valence-electron chi connectivity index (χ0n) is 14.3. The lowest BCUT2D eigenvalue weighted by Gasteiger charge is -2.25. The molecular weight excluding hydrogens is 396 g/mol. The Balaban J connectivity index is 1.90. The Bertz CT molecular complexity index is 844. The molecule has 1 heterocycles. The molecule has 2 N–H and O–H groups in total. The summed E-state index contributed by atoms with van der Waals surface area (Å²) in [6.45, 7) is 2.01. The lowest BCUT2D eigenvalue weighted by Crippen LogP contribution is -2.39. The van der Waals surface area contributed by atoms with Gasteiger partial charge in [0, 0.05) is 10.9 Å². The Kier molecular flexibility index (Phi) is 5.42. The van der Waals surface area contributed by atoms with Crippen LogP contribution in [0.3, 0.4) is 0 Å². The fourth-order valence-corrected chi connectivity index (χ4v) is 3.08. The molecule has 1 aliphatic heterocycles. The molecule has 0 bridgehead atoms. The van der Waals surface area contributed by atoms with Crippen molar-refractivity contribution in [1.29, 1.82) is 0 Å². The molecule has 5 nitrogen and oxygen atoms in total. The minimum absolute atomic E-state index is 0.0495. The SMILES string of the molecule is Cc1ccc([C@H]2C=C(c3ccc(Br)cc3)NN2C(=O)CCC(=O)O)cc1. The van der Waals surface area contributed by atoms with Crippen LogP contribution in [0.15, 0.2) is 59.1 Å². The summed E-state index contributed by atoms with van der Waals surface area (Å²) in [6.07, 6.45) is 1.75. The number of hydrogen-bond acceptors (Lipinski definition) is 3. The van der Waals surface area contributed by atoms with E-state index in [1.807, 2.05) is 61.5 Å². The van der Waals surface area contributed by atoms with Gasteiger partial charge in [0.05, 0.1) is 18.2 Å². The molecular formula is C20H19BrN2O3. The third kappa shape index (κ3) is 4.14. The van der Waals surface area contributed by atoms with E-state index in [-0.39, 0.29) is 24.8 Å². The molecule has 0 aliphatic carbocycles. The first-order valence-electron chi connectivity index (χ1n) is 8.29. The maximum atomic E-state index is 12.6. The number of carbonyl (C=O) groups excluding carboxylic acids is 1. The lowest BCUT2D eigenvalue weighted by atomic mass is 10.0. The number of nitrogens with zero attached hydrogens (tertiary/aromatic N) is 1. The highest BCUT2D eigenvalue weighted by atomic mass is 79.9. The van der Waals surface area contributed by atoms with Crippen LogP contribution < -0.4 is 5.43 Å². The zero-order valence-corrected chi connectivity index (χ0v) is 15.9. The Morgan fingerprint density at radius 3 is 2.35 bits per heavy atom. The number of carboxylic acids is 1. The lowest BCUT2D eigenvalue weighted by molar-refractivity contribution is -0.142. The summed E-state index contributed by atoms with van der Waals surface area (Å²) in [7, 11) is 0. The average Bonchev–Trinajstić information content (AvgIpc) is 3.06. The summed E-state index contributed by atoms with van der Waals surface area (Å²) < 4.78 is 0.976. The molecule has 6 heteroatoms. The number of hydrogen-bond donors (Lipinski definition) is 2. The number of aliphatic carboxylic acids is 1. The highest BCUT2D eigenvalue weighted by Gasteiger charge is 2.30. The van der Waals surface area contributed by atoms with Crippen LogP contribution in [0.2, 0.25) is 0 Å². The van der Waals surface area contributed by atoms with E-state index in [0.717, 1.165) is 26.9 Å². The molecule has 2 aromatic carbocycles. The predicted octanol–water partition coefficient (Wildman–Crippen LogP) is 4.05. The minimum atomic E-state index is -0.981. The second-order valence-corrected chi connectivity index (χ2v) is 7.13. The van der Waals surface area contributed by atoms with Crippen LogP contribution in [-0.2, 0) is 9.59 Å². The zero-order chi connectivity index (χ0) is 18.7. The van der Waals surface area contributed by atoms with E-state index in [0.29, 0.717) is 0 Å². The van der Waals surface area contributed by atoms with Crippen LogP contribution >= 0.6 is 15.9 Å². The van der Waals surface area contributed by atoms with Gasteiger partial charge in [0.2, 0.25) is 5.91 Å². The Labute approximate surface area is 160 Å². The van der Waals surface area contributed by atoms with Crippen LogP contribution in [0.4, 0.5) is 0 Å². The van der Waals surface area contributed by atoms with Crippen molar-refractivity contribution in [1.82, 2.24) is 10.4 Å². The van der Waals surface area contributed by atoms with Crippen LogP contribution in [0.25, 0.3) is 5.70 Å². The molecule has 2 aromatic rings. The maximum absolute atomic E-state index is 12.6. The van der Waals surface area contributed by atoms with Gasteiger partial charge in [0.25, 0.3) is 0 Å². The van der Waals surface area contributed by atoms with Gasteiger partial charge in [-0.15, -0.1) is 0 Å². The molecule has 26 heavy (non-hydrogen) atoms. The first-order chi connectivity index (χ1) is 12.4. The minimum Gasteiger partial charge on any atom is -0.481 e. The number of benzene rings is 2. The van der Waals surface area contributed by atoms with Gasteiger partial charge >= 0.3 is 5.97 Å². The van der Waals surface area contributed by atoms with Gasteiger partial charge in [0.1, 0.15) is 0 Å². The normalized spacial score (nSPS) is 16.2. The molecule has 0 unspecified atom stereocenters. The smallest absolute Gasteiger partial charge is 0.303 e. The fourth-order valence-electron chi connectivity index (χ4n) is 2.82. The van der Waals surface area contributed by atoms with Gasteiger partial charge in [-0.3, -0.25) is 15.0 Å². The van der Waals surface area contributed by atoms with Crippen molar-refractivity contribution in [2.45, 2.75) is 25.8 Å². The van der Waals surface area contributed by atoms with Crippen molar-refractivity contribution in [3.8, 4) is 0 Å². The Morgan fingerprint density at radius 1 is 1.08 bits per heavy atom. The highest BCUT2D eigenvalue weighted by molar-refractivity contribution is 9.10. The highest BCUT2D eigenvalue weighted by Crippen LogP contribution is 2.32. The topological polar surface area (TPSA) is 69.6 Å². The largest absolute Gasteiger partial charge is 0.481 e. The van der Waals surface area contributed by atoms with Crippen molar-refractivity contribution >= 4 is 33.5 Å². The van der Waals surface area contributed by atoms with Crippen LogP contribution in [0, 0.1) is 6.92 Å². The molecule has 0 aromatic heterocycles. The monoisotopic (exact) mass is 414 g/mol. The molecule has 0 saturated heterocycles. The molecule has 1 amide bonds. The van der Waals surface area contributed by atoms with Gasteiger partial charge in [-0.05, 0) is 36.3 Å². The summed E-state index contributed by atoms with van der Waals surface area (Å²) >= 11 is 3.42. The van der Waals surface area contributed by atoms with Gasteiger partial charge in [-0.1, -0.05) is 57.9 Å². The van der Waals surface area contributed by atoms with E-state index in [1.54, 1.807) is 0 Å². The summed E-state index contributed by atoms with van der Waals surface area (Å²) in [5.41, 5.74) is 7.04. The van der Waals surface area contributed by atoms with E-state index in [1.165, 1.54) is 5.01 Å². The summed E-state index contributed by atoms with van der Waals surface area (Å²) in [5, 5.41) is 10.4. The van der Waals surface area contributed by atoms with E-state index < -0.39 is 5.97 Å². The first kappa shape index (κ1) is 18.2. The molecule has 1 atom stereocenters. The number of carbonyl (C=O) groups is 2. The molecule has 0 saturated carbocycles. The molecule has 134 valence electrons. The summed E-state index contributed by atoms with van der Waals surface area (Å²) in [6, 6.07) is 15.5. The molecule has 0 spiro atoms. The third-order valence-corrected chi connectivity index (χ3v) is 4.77. The molecule has 0 fully saturated rings. The van der Waals surface area contributed by atoms with Gasteiger partial charge in [0.15, 0.2) is 0 Å².